The molecule has 0 fully saturated rings. The zero-order valence-corrected chi connectivity index (χ0v) is 8.17. The Bertz CT molecular complexity index is 165. The van der Waals surface area contributed by atoms with Gasteiger partial charge in [0.15, 0.2) is 0 Å². The Hall–Kier alpha value is -0.900. The van der Waals surface area contributed by atoms with E-state index in [1.54, 1.807) is 14.0 Å². The van der Waals surface area contributed by atoms with Crippen LogP contribution in [0.15, 0.2) is 0 Å². The number of carbonyl (C=O) groups excluding carboxylic acids is 2. The minimum Gasteiger partial charge on any atom is -0.466 e. The van der Waals surface area contributed by atoms with E-state index in [4.69, 9.17) is 4.74 Å². The summed E-state index contributed by atoms with van der Waals surface area (Å²) in [5, 5.41) is 0. The minimum atomic E-state index is -0.312. The van der Waals surface area contributed by atoms with Crippen LogP contribution in [0.5, 0.6) is 0 Å². The van der Waals surface area contributed by atoms with E-state index in [1.807, 2.05) is 0 Å². The molecule has 0 atom stereocenters. The number of carbonyl (C=O) groups is 2. The van der Waals surface area contributed by atoms with Crippen LogP contribution in [0, 0.1) is 0 Å². The zero-order chi connectivity index (χ0) is 10.1. The summed E-state index contributed by atoms with van der Waals surface area (Å²) >= 11 is 0. The van der Waals surface area contributed by atoms with Gasteiger partial charge in [-0.2, -0.15) is 0 Å². The predicted octanol–water partition coefficient (Wildman–Crippen LogP) is 0.935. The van der Waals surface area contributed by atoms with Crippen molar-refractivity contribution in [1.29, 1.82) is 0 Å². The van der Waals surface area contributed by atoms with E-state index < -0.39 is 0 Å². The van der Waals surface area contributed by atoms with Gasteiger partial charge in [0.1, 0.15) is 5.78 Å². The minimum absolute atomic E-state index is 0.0369. The van der Waals surface area contributed by atoms with Gasteiger partial charge in [-0.1, -0.05) is 0 Å². The maximum atomic E-state index is 11.0. The molecule has 0 aromatic heterocycles. The molecule has 4 heteroatoms. The average molecular weight is 188 g/mol. The van der Waals surface area contributed by atoms with E-state index in [2.05, 4.69) is 4.74 Å². The number of methoxy groups -OCH3 is 1. The molecular formula is C9H16O4. The van der Waals surface area contributed by atoms with Crippen LogP contribution in [0.2, 0.25) is 0 Å². The van der Waals surface area contributed by atoms with Gasteiger partial charge in [-0.25, -0.2) is 0 Å². The molecule has 0 radical (unpaired) electrons. The molecule has 0 spiro atoms. The van der Waals surface area contributed by atoms with Gasteiger partial charge in [-0.15, -0.1) is 0 Å². The molecule has 0 aliphatic rings. The summed E-state index contributed by atoms with van der Waals surface area (Å²) in [6.45, 7) is 2.53. The normalized spacial score (nSPS) is 9.69. The molecule has 0 amide bonds. The second-order valence-corrected chi connectivity index (χ2v) is 2.59. The highest BCUT2D eigenvalue weighted by atomic mass is 16.5. The van der Waals surface area contributed by atoms with Crippen molar-refractivity contribution in [3.8, 4) is 0 Å². The van der Waals surface area contributed by atoms with Crippen molar-refractivity contribution in [3.05, 3.63) is 0 Å². The summed E-state index contributed by atoms with van der Waals surface area (Å²) in [5.41, 5.74) is 0. The molecule has 76 valence electrons. The molecule has 0 aromatic rings. The van der Waals surface area contributed by atoms with Crippen molar-refractivity contribution in [2.24, 2.45) is 0 Å². The van der Waals surface area contributed by atoms with Crippen LogP contribution in [-0.2, 0) is 19.1 Å². The lowest BCUT2D eigenvalue weighted by molar-refractivity contribution is -0.144. The van der Waals surface area contributed by atoms with Crippen LogP contribution < -0.4 is 0 Å². The van der Waals surface area contributed by atoms with Gasteiger partial charge in [0.2, 0.25) is 0 Å². The van der Waals surface area contributed by atoms with Crippen LogP contribution in [0.1, 0.15) is 26.2 Å². The largest absolute Gasteiger partial charge is 0.466 e. The van der Waals surface area contributed by atoms with Crippen LogP contribution in [0.3, 0.4) is 0 Å². The van der Waals surface area contributed by atoms with Gasteiger partial charge in [0.25, 0.3) is 0 Å². The van der Waals surface area contributed by atoms with E-state index >= 15 is 0 Å². The molecule has 0 bridgehead atoms. The summed E-state index contributed by atoms with van der Waals surface area (Å²) in [7, 11) is 1.54. The van der Waals surface area contributed by atoms with E-state index in [-0.39, 0.29) is 24.6 Å². The quantitative estimate of drug-likeness (QED) is 0.558. The van der Waals surface area contributed by atoms with Gasteiger partial charge in [-0.05, 0) is 6.92 Å². The van der Waals surface area contributed by atoms with Gasteiger partial charge >= 0.3 is 5.97 Å². The maximum Gasteiger partial charge on any atom is 0.306 e. The fraction of sp³-hybridized carbons (Fsp3) is 0.778. The molecule has 0 aliphatic heterocycles. The topological polar surface area (TPSA) is 52.6 Å². The first-order chi connectivity index (χ1) is 6.20. The summed E-state index contributed by atoms with van der Waals surface area (Å²) in [5.74, 6) is -0.275. The van der Waals surface area contributed by atoms with Crippen molar-refractivity contribution in [2.75, 3.05) is 20.3 Å². The Kier molecular flexibility index (Phi) is 7.20. The Morgan fingerprint density at radius 1 is 1.15 bits per heavy atom. The first-order valence-corrected chi connectivity index (χ1v) is 4.37. The van der Waals surface area contributed by atoms with E-state index in [9.17, 15) is 9.59 Å². The number of rotatable bonds is 7. The molecule has 13 heavy (non-hydrogen) atoms. The van der Waals surface area contributed by atoms with Crippen molar-refractivity contribution < 1.29 is 19.1 Å². The van der Waals surface area contributed by atoms with Crippen LogP contribution in [0.25, 0.3) is 0 Å². The Morgan fingerprint density at radius 3 is 2.38 bits per heavy atom. The smallest absolute Gasteiger partial charge is 0.306 e. The second kappa shape index (κ2) is 7.73. The third-order valence-electron chi connectivity index (χ3n) is 1.50. The first kappa shape index (κ1) is 12.1. The molecule has 0 saturated heterocycles. The molecule has 4 nitrogen and oxygen atoms in total. The Balaban J connectivity index is 3.40. The number of ether oxygens (including phenoxy) is 2. The van der Waals surface area contributed by atoms with E-state index in [0.717, 1.165) is 0 Å². The lowest BCUT2D eigenvalue weighted by Crippen LogP contribution is -2.08. The fourth-order valence-electron chi connectivity index (χ4n) is 0.816. The highest BCUT2D eigenvalue weighted by Crippen LogP contribution is 1.97. The number of hydrogen-bond acceptors (Lipinski definition) is 4. The van der Waals surface area contributed by atoms with Gasteiger partial charge in [0, 0.05) is 20.0 Å². The summed E-state index contributed by atoms with van der Waals surface area (Å²) in [6, 6.07) is 0. The van der Waals surface area contributed by atoms with Crippen molar-refractivity contribution in [3.63, 3.8) is 0 Å². The molecule has 0 heterocycles. The van der Waals surface area contributed by atoms with E-state index in [1.165, 1.54) is 0 Å². The number of esters is 1. The highest BCUT2D eigenvalue weighted by molar-refractivity contribution is 5.82. The third kappa shape index (κ3) is 7.46. The lowest BCUT2D eigenvalue weighted by atomic mass is 10.2. The fourth-order valence-corrected chi connectivity index (χ4v) is 0.816. The van der Waals surface area contributed by atoms with Crippen molar-refractivity contribution in [1.82, 2.24) is 0 Å². The highest BCUT2D eigenvalue weighted by Gasteiger charge is 2.06. The SMILES string of the molecule is CCOC(=O)CCC(=O)CCOC. The monoisotopic (exact) mass is 188 g/mol. The maximum absolute atomic E-state index is 11.0. The molecule has 0 aromatic carbocycles. The van der Waals surface area contributed by atoms with Gasteiger partial charge in [0.05, 0.1) is 19.6 Å². The molecule has 0 N–H and O–H groups in total. The van der Waals surface area contributed by atoms with E-state index in [0.29, 0.717) is 19.6 Å². The Labute approximate surface area is 78.2 Å². The third-order valence-corrected chi connectivity index (χ3v) is 1.50. The van der Waals surface area contributed by atoms with Crippen molar-refractivity contribution in [2.45, 2.75) is 26.2 Å². The van der Waals surface area contributed by atoms with Gasteiger partial charge in [-0.3, -0.25) is 9.59 Å². The molecule has 0 aliphatic carbocycles. The first-order valence-electron chi connectivity index (χ1n) is 4.37. The molecule has 0 unspecified atom stereocenters. The van der Waals surface area contributed by atoms with Crippen LogP contribution in [0.4, 0.5) is 0 Å². The average Bonchev–Trinajstić information content (AvgIpc) is 2.12. The number of ketones is 1. The zero-order valence-electron chi connectivity index (χ0n) is 8.17. The molecular weight excluding hydrogens is 172 g/mol. The Morgan fingerprint density at radius 2 is 1.85 bits per heavy atom. The summed E-state index contributed by atoms with van der Waals surface area (Å²) in [6.07, 6.45) is 0.800. The predicted molar refractivity (Wildman–Crippen MR) is 47.4 cm³/mol. The summed E-state index contributed by atoms with van der Waals surface area (Å²) < 4.78 is 9.40. The van der Waals surface area contributed by atoms with Crippen LogP contribution >= 0.6 is 0 Å². The molecule has 0 saturated carbocycles. The van der Waals surface area contributed by atoms with Gasteiger partial charge < -0.3 is 9.47 Å². The second-order valence-electron chi connectivity index (χ2n) is 2.59. The standard InChI is InChI=1S/C9H16O4/c1-3-13-9(11)5-4-8(10)6-7-12-2/h3-7H2,1-2H3. The summed E-state index contributed by atoms with van der Waals surface area (Å²) in [4.78, 5) is 21.8. The number of hydrogen-bond donors (Lipinski definition) is 0. The molecule has 0 rings (SSSR count). The lowest BCUT2D eigenvalue weighted by Gasteiger charge is -2.00. The van der Waals surface area contributed by atoms with Crippen LogP contribution in [-0.4, -0.2) is 32.1 Å². The number of Topliss-reactive ketones (excluding diaryl/α,β-unsaturated/α-hetero) is 1. The van der Waals surface area contributed by atoms with Crippen molar-refractivity contribution >= 4 is 11.8 Å².